The average molecular weight is 289 g/mol. The molecule has 1 heterocycles. The molecule has 5 nitrogen and oxygen atoms in total. The highest BCUT2D eigenvalue weighted by molar-refractivity contribution is 5.92. The van der Waals surface area contributed by atoms with Crippen molar-refractivity contribution in [1.29, 1.82) is 0 Å². The van der Waals surface area contributed by atoms with Gasteiger partial charge in [0.1, 0.15) is 5.54 Å². The van der Waals surface area contributed by atoms with Crippen LogP contribution in [0.4, 0.5) is 5.69 Å². The normalized spacial score (nSPS) is 19.0. The number of nitrogens with two attached hydrogens (primary N) is 1. The van der Waals surface area contributed by atoms with E-state index < -0.39 is 5.54 Å². The minimum Gasteiger partial charge on any atom is -0.399 e. The summed E-state index contributed by atoms with van der Waals surface area (Å²) in [5.41, 5.74) is 6.69. The first-order valence-corrected chi connectivity index (χ1v) is 7.26. The quantitative estimate of drug-likeness (QED) is 0.828. The van der Waals surface area contributed by atoms with Crippen LogP contribution in [0.25, 0.3) is 0 Å². The first-order valence-electron chi connectivity index (χ1n) is 7.26. The highest BCUT2D eigenvalue weighted by Crippen LogP contribution is 2.25. The number of anilines is 1. The maximum Gasteiger partial charge on any atom is 0.245 e. The molecule has 1 aromatic carbocycles. The Morgan fingerprint density at radius 1 is 1.38 bits per heavy atom. The van der Waals surface area contributed by atoms with E-state index in [9.17, 15) is 9.59 Å². The molecule has 114 valence electrons. The van der Waals surface area contributed by atoms with Crippen molar-refractivity contribution in [2.45, 2.75) is 38.6 Å². The second kappa shape index (κ2) is 5.76. The van der Waals surface area contributed by atoms with E-state index in [4.69, 9.17) is 5.73 Å². The van der Waals surface area contributed by atoms with Gasteiger partial charge in [-0.25, -0.2) is 0 Å². The van der Waals surface area contributed by atoms with E-state index in [2.05, 4.69) is 5.32 Å². The molecule has 0 aliphatic carbocycles. The Labute approximate surface area is 125 Å². The summed E-state index contributed by atoms with van der Waals surface area (Å²) in [7, 11) is 0. The lowest BCUT2D eigenvalue weighted by molar-refractivity contribution is -0.149. The van der Waals surface area contributed by atoms with Gasteiger partial charge in [-0.3, -0.25) is 9.59 Å². The van der Waals surface area contributed by atoms with E-state index in [-0.39, 0.29) is 17.7 Å². The minimum absolute atomic E-state index is 0.0131. The van der Waals surface area contributed by atoms with Gasteiger partial charge in [-0.1, -0.05) is 19.1 Å². The third kappa shape index (κ3) is 3.17. The molecule has 0 aromatic heterocycles. The number of carbonyl (C=O) groups is 2. The number of nitrogen functional groups attached to an aromatic ring is 1. The zero-order valence-electron chi connectivity index (χ0n) is 12.8. The number of carbonyl (C=O) groups excluding carboxylic acids is 2. The summed E-state index contributed by atoms with van der Waals surface area (Å²) >= 11 is 0. The van der Waals surface area contributed by atoms with E-state index in [0.29, 0.717) is 25.2 Å². The summed E-state index contributed by atoms with van der Waals surface area (Å²) in [5.74, 6) is 0.0142. The third-order valence-electron chi connectivity index (χ3n) is 4.14. The summed E-state index contributed by atoms with van der Waals surface area (Å²) in [6.07, 6.45) is 0.390. The van der Waals surface area contributed by atoms with Crippen LogP contribution >= 0.6 is 0 Å². The molecule has 0 bridgehead atoms. The summed E-state index contributed by atoms with van der Waals surface area (Å²) in [6, 6.07) is 7.58. The number of piperazine rings is 1. The number of rotatable bonds is 3. The zero-order chi connectivity index (χ0) is 15.6. The maximum absolute atomic E-state index is 12.5. The van der Waals surface area contributed by atoms with E-state index in [1.54, 1.807) is 18.7 Å². The molecule has 2 rings (SSSR count). The Morgan fingerprint density at radius 3 is 2.62 bits per heavy atom. The number of nitrogens with one attached hydrogen (secondary N) is 1. The Kier molecular flexibility index (Phi) is 4.21. The second-order valence-electron chi connectivity index (χ2n) is 6.13. The van der Waals surface area contributed by atoms with Crippen molar-refractivity contribution in [3.8, 4) is 0 Å². The van der Waals surface area contributed by atoms with Crippen molar-refractivity contribution in [1.82, 2.24) is 10.2 Å². The fourth-order valence-corrected chi connectivity index (χ4v) is 2.65. The first kappa shape index (κ1) is 15.4. The predicted molar refractivity (Wildman–Crippen MR) is 82.7 cm³/mol. The van der Waals surface area contributed by atoms with Crippen LogP contribution in [0.2, 0.25) is 0 Å². The molecule has 1 fully saturated rings. The van der Waals surface area contributed by atoms with Crippen LogP contribution < -0.4 is 11.1 Å². The Bertz CT molecular complexity index is 537. The molecule has 3 N–H and O–H groups in total. The molecule has 1 aromatic rings. The molecule has 1 unspecified atom stereocenters. The lowest BCUT2D eigenvalue weighted by Gasteiger charge is -2.41. The molecular formula is C16H23N3O2. The third-order valence-corrected chi connectivity index (χ3v) is 4.14. The van der Waals surface area contributed by atoms with Gasteiger partial charge >= 0.3 is 0 Å². The van der Waals surface area contributed by atoms with Crippen LogP contribution in [0.1, 0.15) is 38.7 Å². The van der Waals surface area contributed by atoms with Gasteiger partial charge in [0, 0.05) is 25.2 Å². The van der Waals surface area contributed by atoms with Gasteiger partial charge in [0.15, 0.2) is 0 Å². The molecule has 1 atom stereocenters. The van der Waals surface area contributed by atoms with Gasteiger partial charge in [0.05, 0.1) is 0 Å². The summed E-state index contributed by atoms with van der Waals surface area (Å²) in [6.45, 7) is 6.66. The molecule has 1 aliphatic rings. The van der Waals surface area contributed by atoms with Crippen LogP contribution in [-0.4, -0.2) is 35.3 Å². The molecule has 2 amide bonds. The van der Waals surface area contributed by atoms with Crippen LogP contribution in [0.3, 0.4) is 0 Å². The van der Waals surface area contributed by atoms with Crippen molar-refractivity contribution in [2.75, 3.05) is 18.8 Å². The van der Waals surface area contributed by atoms with E-state index in [1.807, 2.05) is 31.2 Å². The summed E-state index contributed by atoms with van der Waals surface area (Å²) < 4.78 is 0. The van der Waals surface area contributed by atoms with Crippen molar-refractivity contribution >= 4 is 17.5 Å². The standard InChI is InChI=1S/C16H23N3O2/c1-11(12-4-6-13(17)7-5-12)10-14(20)19-9-8-18-15(21)16(19,2)3/h4-7,11H,8-10,17H2,1-3H3,(H,18,21). The molecule has 1 aliphatic heterocycles. The SMILES string of the molecule is CC(CC(=O)N1CCNC(=O)C1(C)C)c1ccc(N)cc1. The first-order chi connectivity index (χ1) is 9.82. The fourth-order valence-electron chi connectivity index (χ4n) is 2.65. The lowest BCUT2D eigenvalue weighted by atomic mass is 9.93. The number of benzene rings is 1. The summed E-state index contributed by atoms with van der Waals surface area (Å²) in [5, 5.41) is 2.80. The molecular weight excluding hydrogens is 266 g/mol. The van der Waals surface area contributed by atoms with E-state index >= 15 is 0 Å². The van der Waals surface area contributed by atoms with Gasteiger partial charge in [0.2, 0.25) is 11.8 Å². The van der Waals surface area contributed by atoms with Gasteiger partial charge in [0.25, 0.3) is 0 Å². The average Bonchev–Trinajstić information content (AvgIpc) is 2.42. The van der Waals surface area contributed by atoms with Gasteiger partial charge < -0.3 is 16.0 Å². The zero-order valence-corrected chi connectivity index (χ0v) is 12.8. The number of hydrogen-bond donors (Lipinski definition) is 2. The number of hydrogen-bond acceptors (Lipinski definition) is 3. The van der Waals surface area contributed by atoms with Crippen molar-refractivity contribution in [3.05, 3.63) is 29.8 Å². The van der Waals surface area contributed by atoms with Crippen LogP contribution in [-0.2, 0) is 9.59 Å². The van der Waals surface area contributed by atoms with Crippen LogP contribution in [0, 0.1) is 0 Å². The molecule has 0 radical (unpaired) electrons. The van der Waals surface area contributed by atoms with Crippen molar-refractivity contribution in [2.24, 2.45) is 0 Å². The maximum atomic E-state index is 12.5. The topological polar surface area (TPSA) is 75.4 Å². The molecule has 0 saturated carbocycles. The van der Waals surface area contributed by atoms with Crippen LogP contribution in [0.5, 0.6) is 0 Å². The molecule has 1 saturated heterocycles. The molecule has 5 heteroatoms. The Morgan fingerprint density at radius 2 is 2.00 bits per heavy atom. The Hall–Kier alpha value is -2.04. The number of nitrogens with zero attached hydrogens (tertiary/aromatic N) is 1. The number of amides is 2. The van der Waals surface area contributed by atoms with Gasteiger partial charge in [-0.15, -0.1) is 0 Å². The lowest BCUT2D eigenvalue weighted by Crippen LogP contribution is -2.63. The highest BCUT2D eigenvalue weighted by Gasteiger charge is 2.40. The Balaban J connectivity index is 2.06. The summed E-state index contributed by atoms with van der Waals surface area (Å²) in [4.78, 5) is 26.1. The minimum atomic E-state index is -0.782. The van der Waals surface area contributed by atoms with Crippen LogP contribution in [0.15, 0.2) is 24.3 Å². The monoisotopic (exact) mass is 289 g/mol. The van der Waals surface area contributed by atoms with Gasteiger partial charge in [-0.2, -0.15) is 0 Å². The smallest absolute Gasteiger partial charge is 0.245 e. The molecule has 21 heavy (non-hydrogen) atoms. The van der Waals surface area contributed by atoms with E-state index in [1.165, 1.54) is 0 Å². The molecule has 0 spiro atoms. The van der Waals surface area contributed by atoms with Crippen molar-refractivity contribution < 1.29 is 9.59 Å². The highest BCUT2D eigenvalue weighted by atomic mass is 16.2. The predicted octanol–water partition coefficient (Wildman–Crippen LogP) is 1.50. The van der Waals surface area contributed by atoms with Gasteiger partial charge in [-0.05, 0) is 37.5 Å². The van der Waals surface area contributed by atoms with Crippen molar-refractivity contribution in [3.63, 3.8) is 0 Å². The fraction of sp³-hybridized carbons (Fsp3) is 0.500. The second-order valence-corrected chi connectivity index (χ2v) is 6.13. The largest absolute Gasteiger partial charge is 0.399 e. The van der Waals surface area contributed by atoms with E-state index in [0.717, 1.165) is 5.56 Å².